The van der Waals surface area contributed by atoms with E-state index in [0.717, 1.165) is 34.6 Å². The predicted octanol–water partition coefficient (Wildman–Crippen LogP) is 7.21. The van der Waals surface area contributed by atoms with Crippen molar-refractivity contribution in [3.8, 4) is 11.5 Å². The van der Waals surface area contributed by atoms with Gasteiger partial charge in [0.15, 0.2) is 0 Å². The highest BCUT2D eigenvalue weighted by atomic mass is 35.5. The topological polar surface area (TPSA) is 77.0 Å². The molecule has 1 unspecified atom stereocenters. The lowest BCUT2D eigenvalue weighted by molar-refractivity contribution is 0.0478. The van der Waals surface area contributed by atoms with Gasteiger partial charge in [-0.2, -0.15) is 0 Å². The van der Waals surface area contributed by atoms with Gasteiger partial charge in [0.25, 0.3) is 0 Å². The largest absolute Gasteiger partial charge is 0.489 e. The SMILES string of the molecule is CC(C)(C)OC(=O)NC(CO)CCCc1ccc(SOc2cccc(OCc3ccccc3)c2)cc1Cl. The molecule has 37 heavy (non-hydrogen) atoms. The molecule has 3 aromatic rings. The number of rotatable bonds is 12. The summed E-state index contributed by atoms with van der Waals surface area (Å²) in [4.78, 5) is 12.8. The van der Waals surface area contributed by atoms with E-state index in [1.807, 2.05) is 72.8 Å². The van der Waals surface area contributed by atoms with Crippen LogP contribution in [0.1, 0.15) is 44.7 Å². The van der Waals surface area contributed by atoms with Gasteiger partial charge in [-0.05, 0) is 75.4 Å². The van der Waals surface area contributed by atoms with Gasteiger partial charge in [-0.25, -0.2) is 4.79 Å². The van der Waals surface area contributed by atoms with Gasteiger partial charge in [0, 0.05) is 16.0 Å². The first-order valence-corrected chi connectivity index (χ1v) is 13.3. The van der Waals surface area contributed by atoms with Crippen LogP contribution in [-0.4, -0.2) is 29.4 Å². The van der Waals surface area contributed by atoms with E-state index in [9.17, 15) is 9.90 Å². The fraction of sp³-hybridized carbons (Fsp3) is 0.345. The molecule has 0 aliphatic carbocycles. The number of aliphatic hydroxyl groups excluding tert-OH is 1. The molecule has 0 radical (unpaired) electrons. The molecule has 8 heteroatoms. The molecule has 0 saturated heterocycles. The molecule has 0 aromatic heterocycles. The molecule has 0 spiro atoms. The highest BCUT2D eigenvalue weighted by Gasteiger charge is 2.19. The number of aliphatic hydroxyl groups is 1. The minimum absolute atomic E-state index is 0.154. The van der Waals surface area contributed by atoms with Crippen molar-refractivity contribution in [2.24, 2.45) is 0 Å². The van der Waals surface area contributed by atoms with E-state index in [2.05, 4.69) is 5.32 Å². The summed E-state index contributed by atoms with van der Waals surface area (Å²) in [7, 11) is 0. The zero-order valence-corrected chi connectivity index (χ0v) is 23.0. The standard InChI is InChI=1S/C29H34ClNO5S/c1-29(2,3)35-28(33)31-23(19-32)12-7-11-22-15-16-26(18-27(22)30)37-36-25-14-8-13-24(17-25)34-20-21-9-5-4-6-10-21/h4-6,8-10,13-18,23,32H,7,11-12,19-20H2,1-3H3,(H,31,33). The highest BCUT2D eigenvalue weighted by Crippen LogP contribution is 2.30. The third-order valence-corrected chi connectivity index (χ3v) is 6.33. The first kappa shape index (κ1) is 28.7. The fourth-order valence-corrected chi connectivity index (χ4v) is 4.38. The quantitative estimate of drug-likeness (QED) is 0.235. The number of ether oxygens (including phenoxy) is 2. The van der Waals surface area contributed by atoms with Gasteiger partial charge in [0.1, 0.15) is 23.7 Å². The maximum Gasteiger partial charge on any atom is 0.407 e. The summed E-state index contributed by atoms with van der Waals surface area (Å²) in [6, 6.07) is 23.0. The van der Waals surface area contributed by atoms with E-state index in [-0.39, 0.29) is 12.6 Å². The summed E-state index contributed by atoms with van der Waals surface area (Å²) >= 11 is 7.74. The lowest BCUT2D eigenvalue weighted by Gasteiger charge is -2.22. The molecule has 0 fully saturated rings. The van der Waals surface area contributed by atoms with Crippen LogP contribution in [0.5, 0.6) is 11.5 Å². The van der Waals surface area contributed by atoms with Gasteiger partial charge < -0.3 is 24.1 Å². The molecule has 0 aliphatic heterocycles. The van der Waals surface area contributed by atoms with Gasteiger partial charge in [-0.1, -0.05) is 54.1 Å². The van der Waals surface area contributed by atoms with Crippen LogP contribution < -0.4 is 14.2 Å². The van der Waals surface area contributed by atoms with Crippen LogP contribution in [0.15, 0.2) is 77.7 Å². The summed E-state index contributed by atoms with van der Waals surface area (Å²) in [6.07, 6.45) is 1.55. The van der Waals surface area contributed by atoms with E-state index in [0.29, 0.717) is 23.8 Å². The lowest BCUT2D eigenvalue weighted by atomic mass is 10.0. The van der Waals surface area contributed by atoms with Crippen LogP contribution in [0.2, 0.25) is 5.02 Å². The number of benzene rings is 3. The molecule has 0 aliphatic rings. The predicted molar refractivity (Wildman–Crippen MR) is 148 cm³/mol. The molecule has 1 atom stereocenters. The maximum atomic E-state index is 11.9. The number of amides is 1. The minimum atomic E-state index is -0.583. The summed E-state index contributed by atoms with van der Waals surface area (Å²) in [5.74, 6) is 1.42. The number of nitrogens with one attached hydrogen (secondary N) is 1. The van der Waals surface area contributed by atoms with Crippen molar-refractivity contribution in [1.29, 1.82) is 0 Å². The van der Waals surface area contributed by atoms with Crippen LogP contribution in [-0.2, 0) is 17.8 Å². The van der Waals surface area contributed by atoms with Gasteiger partial charge >= 0.3 is 6.09 Å². The Kier molecular flexibility index (Phi) is 11.0. The van der Waals surface area contributed by atoms with Crippen molar-refractivity contribution >= 4 is 29.7 Å². The van der Waals surface area contributed by atoms with Crippen LogP contribution in [0.4, 0.5) is 4.79 Å². The first-order chi connectivity index (χ1) is 17.7. The molecule has 2 N–H and O–H groups in total. The normalized spacial score (nSPS) is 12.0. The third kappa shape index (κ3) is 10.6. The monoisotopic (exact) mass is 543 g/mol. The molecule has 3 rings (SSSR count). The second-order valence-electron chi connectivity index (χ2n) is 9.59. The average molecular weight is 544 g/mol. The van der Waals surface area contributed by atoms with Crippen molar-refractivity contribution in [2.45, 2.75) is 63.2 Å². The molecular weight excluding hydrogens is 510 g/mol. The van der Waals surface area contributed by atoms with Crippen molar-refractivity contribution in [1.82, 2.24) is 5.32 Å². The Bertz CT molecular complexity index is 1140. The number of alkyl carbamates (subject to hydrolysis) is 1. The maximum absolute atomic E-state index is 11.9. The fourth-order valence-electron chi connectivity index (χ4n) is 3.46. The summed E-state index contributed by atoms with van der Waals surface area (Å²) in [5, 5.41) is 13.0. The summed E-state index contributed by atoms with van der Waals surface area (Å²) < 4.78 is 17.0. The molecule has 198 valence electrons. The zero-order valence-electron chi connectivity index (χ0n) is 21.4. The van der Waals surface area contributed by atoms with Gasteiger partial charge in [-0.15, -0.1) is 0 Å². The van der Waals surface area contributed by atoms with E-state index in [1.165, 1.54) is 12.0 Å². The summed E-state index contributed by atoms with van der Waals surface area (Å²) in [6.45, 7) is 5.74. The smallest absolute Gasteiger partial charge is 0.407 e. The van der Waals surface area contributed by atoms with Crippen LogP contribution in [0.25, 0.3) is 0 Å². The molecular formula is C29H34ClNO5S. The Labute approximate surface area is 228 Å². The Balaban J connectivity index is 1.45. The number of carbonyl (C=O) groups is 1. The Morgan fingerprint density at radius 3 is 2.49 bits per heavy atom. The average Bonchev–Trinajstić information content (AvgIpc) is 2.86. The Hall–Kier alpha value is -2.87. The number of halogens is 1. The molecule has 1 amide bonds. The van der Waals surface area contributed by atoms with E-state index in [1.54, 1.807) is 20.8 Å². The number of hydrogen-bond acceptors (Lipinski definition) is 6. The van der Waals surface area contributed by atoms with E-state index < -0.39 is 11.7 Å². The van der Waals surface area contributed by atoms with E-state index in [4.69, 9.17) is 25.3 Å². The van der Waals surface area contributed by atoms with Crippen LogP contribution in [0, 0.1) is 0 Å². The van der Waals surface area contributed by atoms with Gasteiger partial charge in [-0.3, -0.25) is 0 Å². The zero-order chi connectivity index (χ0) is 26.7. The molecule has 3 aromatic carbocycles. The Morgan fingerprint density at radius 1 is 1.03 bits per heavy atom. The van der Waals surface area contributed by atoms with Gasteiger partial charge in [0.05, 0.1) is 24.7 Å². The van der Waals surface area contributed by atoms with Gasteiger partial charge in [0.2, 0.25) is 0 Å². The van der Waals surface area contributed by atoms with Crippen molar-refractivity contribution in [3.05, 3.63) is 88.9 Å². The third-order valence-electron chi connectivity index (χ3n) is 5.25. The highest BCUT2D eigenvalue weighted by molar-refractivity contribution is 7.95. The lowest BCUT2D eigenvalue weighted by Crippen LogP contribution is -2.41. The molecule has 0 saturated carbocycles. The van der Waals surface area contributed by atoms with Crippen LogP contribution >= 0.6 is 23.6 Å². The van der Waals surface area contributed by atoms with Crippen molar-refractivity contribution in [3.63, 3.8) is 0 Å². The number of carbonyl (C=O) groups excluding carboxylic acids is 1. The summed E-state index contributed by atoms with van der Waals surface area (Å²) in [5.41, 5.74) is 1.51. The molecule has 0 bridgehead atoms. The van der Waals surface area contributed by atoms with Crippen molar-refractivity contribution < 1.29 is 23.6 Å². The minimum Gasteiger partial charge on any atom is -0.489 e. The second-order valence-corrected chi connectivity index (χ2v) is 10.8. The molecule has 0 heterocycles. The van der Waals surface area contributed by atoms with E-state index >= 15 is 0 Å². The Morgan fingerprint density at radius 2 is 1.78 bits per heavy atom. The molecule has 6 nitrogen and oxygen atoms in total. The number of hydrogen-bond donors (Lipinski definition) is 2. The van der Waals surface area contributed by atoms with Crippen LogP contribution in [0.3, 0.4) is 0 Å². The van der Waals surface area contributed by atoms with Crippen molar-refractivity contribution in [2.75, 3.05) is 6.61 Å². The number of aryl methyl sites for hydroxylation is 1. The first-order valence-electron chi connectivity index (χ1n) is 12.2. The second kappa shape index (κ2) is 14.2.